The van der Waals surface area contributed by atoms with Gasteiger partial charge >= 0.3 is 21.1 Å². The van der Waals surface area contributed by atoms with Gasteiger partial charge in [0.25, 0.3) is 0 Å². The molecule has 0 fully saturated rings. The minimum absolute atomic E-state index is 0. The molecule has 246 valence electrons. The van der Waals surface area contributed by atoms with E-state index < -0.39 is 5.41 Å². The van der Waals surface area contributed by atoms with E-state index in [-0.39, 0.29) is 26.9 Å². The second-order valence-electron chi connectivity index (χ2n) is 12.2. The van der Waals surface area contributed by atoms with Crippen LogP contribution in [0.4, 0.5) is 21.5 Å². The van der Waals surface area contributed by atoms with Gasteiger partial charge in [-0.25, -0.2) is 4.39 Å². The Bertz CT molecular complexity index is 2460. The van der Waals surface area contributed by atoms with Gasteiger partial charge in [0.1, 0.15) is 5.82 Å². The maximum absolute atomic E-state index is 13.8. The minimum Gasteiger partial charge on any atom is -0.503 e. The van der Waals surface area contributed by atoms with Gasteiger partial charge in [-0.15, -0.1) is 41.5 Å². The molecule has 6 aromatic carbocycles. The fourth-order valence-corrected chi connectivity index (χ4v) is 7.14. The third-order valence-corrected chi connectivity index (χ3v) is 9.25. The first-order valence-electron chi connectivity index (χ1n) is 16.4. The molecule has 0 radical (unpaired) electrons. The van der Waals surface area contributed by atoms with Crippen LogP contribution in [0.1, 0.15) is 22.4 Å². The van der Waals surface area contributed by atoms with Gasteiger partial charge in [-0.1, -0.05) is 78.9 Å². The van der Waals surface area contributed by atoms with Crippen molar-refractivity contribution in [2.45, 2.75) is 5.41 Å². The number of rotatable bonds is 6. The van der Waals surface area contributed by atoms with E-state index in [0.717, 1.165) is 56.1 Å². The second-order valence-corrected chi connectivity index (χ2v) is 12.2. The molecule has 0 N–H and O–H groups in total. The molecule has 6 heteroatoms. The number of halogens is 1. The van der Waals surface area contributed by atoms with Crippen LogP contribution in [0.2, 0.25) is 0 Å². The summed E-state index contributed by atoms with van der Waals surface area (Å²) in [7, 11) is 0. The summed E-state index contributed by atoms with van der Waals surface area (Å²) in [5.41, 5.74) is 8.57. The van der Waals surface area contributed by atoms with Crippen molar-refractivity contribution in [3.63, 3.8) is 0 Å². The molecule has 4 nitrogen and oxygen atoms in total. The maximum Gasteiger partial charge on any atom is 2.00 e. The molecule has 0 saturated heterocycles. The van der Waals surface area contributed by atoms with Crippen LogP contribution in [0.3, 0.4) is 0 Å². The van der Waals surface area contributed by atoms with Gasteiger partial charge in [0.15, 0.2) is 0 Å². The topological polar surface area (TPSA) is 38.3 Å². The first-order chi connectivity index (χ1) is 24.7. The molecule has 0 saturated carbocycles. The number of pyridine rings is 2. The first-order valence-corrected chi connectivity index (χ1v) is 16.4. The molecule has 1 aliphatic heterocycles. The Kier molecular flexibility index (Phi) is 8.51. The van der Waals surface area contributed by atoms with Gasteiger partial charge in [-0.2, -0.15) is 12.1 Å². The van der Waals surface area contributed by atoms with Crippen molar-refractivity contribution in [1.29, 1.82) is 0 Å². The van der Waals surface area contributed by atoms with Gasteiger partial charge in [0.2, 0.25) is 0 Å². The Morgan fingerprint density at radius 2 is 1.29 bits per heavy atom. The van der Waals surface area contributed by atoms with E-state index in [9.17, 15) is 4.39 Å². The predicted molar refractivity (Wildman–Crippen MR) is 196 cm³/mol. The van der Waals surface area contributed by atoms with Crippen molar-refractivity contribution in [3.8, 4) is 22.8 Å². The molecule has 0 spiro atoms. The van der Waals surface area contributed by atoms with Crippen LogP contribution in [0.25, 0.3) is 22.2 Å². The average molecular weight is 841 g/mol. The summed E-state index contributed by atoms with van der Waals surface area (Å²) in [5.74, 6) is 0.795. The van der Waals surface area contributed by atoms with E-state index in [0.29, 0.717) is 17.0 Å². The Hall–Kier alpha value is -5.90. The molecule has 0 aliphatic carbocycles. The van der Waals surface area contributed by atoms with Crippen LogP contribution in [0, 0.1) is 17.9 Å². The summed E-state index contributed by atoms with van der Waals surface area (Å²) >= 11 is 0. The van der Waals surface area contributed by atoms with Crippen LogP contribution in [0.15, 0.2) is 170 Å². The minimum atomic E-state index is -0.806. The van der Waals surface area contributed by atoms with Crippen molar-refractivity contribution in [3.05, 3.63) is 210 Å². The molecule has 2 aromatic heterocycles. The zero-order valence-corrected chi connectivity index (χ0v) is 29.4. The summed E-state index contributed by atoms with van der Waals surface area (Å²) in [4.78, 5) is 12.1. The Morgan fingerprint density at radius 3 is 2.04 bits per heavy atom. The van der Waals surface area contributed by atoms with Gasteiger partial charge in [0.05, 0.1) is 28.0 Å². The smallest absolute Gasteiger partial charge is 0.503 e. The number of aromatic nitrogens is 2. The van der Waals surface area contributed by atoms with E-state index in [1.165, 1.54) is 12.1 Å². The normalized spacial score (nSPS) is 12.8. The molecule has 8 aromatic rings. The third-order valence-electron chi connectivity index (χ3n) is 9.25. The molecule has 9 rings (SSSR count). The van der Waals surface area contributed by atoms with E-state index >= 15 is 0 Å². The standard InChI is InChI=1S/C45H28FN3O.Pt/c46-34-24-26-41-32(28-34)23-25-40(48-41)31-12-10-16-36(29-31)50-37-17-11-13-33(30-37)45(44-22-8-9-27-47-44)38-18-4-6-20-42(38)49(35-14-2-1-3-15-35)43-21-7-5-19-39(43)45;/h1-28H;/q-2;+2. The molecule has 0 bridgehead atoms. The SMILES string of the molecule is Fc1ccc2nc(-c3[c-]c(Oc4[c-]c(C5(c6ccccn6)c6ccccc6N(c6ccccc6)c6ccccc65)ccc4)ccc3)ccc2c1.[Pt+2]. The van der Waals surface area contributed by atoms with Crippen LogP contribution >= 0.6 is 0 Å². The van der Waals surface area contributed by atoms with E-state index in [4.69, 9.17) is 14.7 Å². The number of ether oxygens (including phenoxy) is 1. The number of nitrogens with zero attached hydrogens (tertiary/aromatic N) is 3. The monoisotopic (exact) mass is 840 g/mol. The van der Waals surface area contributed by atoms with Crippen molar-refractivity contribution in [2.75, 3.05) is 4.90 Å². The van der Waals surface area contributed by atoms with Gasteiger partial charge < -0.3 is 9.64 Å². The number of fused-ring (bicyclic) bond motifs is 3. The van der Waals surface area contributed by atoms with Gasteiger partial charge in [0, 0.05) is 28.8 Å². The van der Waals surface area contributed by atoms with Crippen molar-refractivity contribution in [2.24, 2.45) is 0 Å². The molecular formula is C45H28FN3OPt. The molecule has 0 atom stereocenters. The predicted octanol–water partition coefficient (Wildman–Crippen LogP) is 11.0. The number of anilines is 3. The number of benzene rings is 6. The molecule has 3 heterocycles. The molecule has 1 aliphatic rings. The average Bonchev–Trinajstić information content (AvgIpc) is 3.17. The summed E-state index contributed by atoms with van der Waals surface area (Å²) < 4.78 is 20.3. The Balaban J connectivity index is 0.00000374. The van der Waals surface area contributed by atoms with Crippen LogP contribution < -0.4 is 9.64 Å². The largest absolute Gasteiger partial charge is 2.00 e. The summed E-state index contributed by atoms with van der Waals surface area (Å²) in [6.45, 7) is 0. The Labute approximate surface area is 310 Å². The van der Waals surface area contributed by atoms with Crippen molar-refractivity contribution >= 4 is 28.0 Å². The van der Waals surface area contributed by atoms with E-state index in [2.05, 4.69) is 102 Å². The fourth-order valence-electron chi connectivity index (χ4n) is 7.14. The summed E-state index contributed by atoms with van der Waals surface area (Å²) in [6.07, 6.45) is 1.85. The fraction of sp³-hybridized carbons (Fsp3) is 0.0222. The Morgan fingerprint density at radius 1 is 0.608 bits per heavy atom. The zero-order chi connectivity index (χ0) is 33.5. The zero-order valence-electron chi connectivity index (χ0n) is 27.1. The molecule has 0 amide bonds. The van der Waals surface area contributed by atoms with Gasteiger partial charge in [-0.05, 0) is 71.4 Å². The van der Waals surface area contributed by atoms with E-state index in [1.807, 2.05) is 66.9 Å². The van der Waals surface area contributed by atoms with Crippen molar-refractivity contribution < 1.29 is 30.2 Å². The first kappa shape index (κ1) is 32.3. The van der Waals surface area contributed by atoms with E-state index in [1.54, 1.807) is 6.07 Å². The maximum atomic E-state index is 13.8. The third kappa shape index (κ3) is 5.60. The van der Waals surface area contributed by atoms with Crippen LogP contribution in [-0.2, 0) is 26.5 Å². The van der Waals surface area contributed by atoms with Gasteiger partial charge in [-0.3, -0.25) is 9.97 Å². The number of para-hydroxylation sites is 3. The number of hydrogen-bond acceptors (Lipinski definition) is 4. The number of hydrogen-bond donors (Lipinski definition) is 0. The van der Waals surface area contributed by atoms with Crippen molar-refractivity contribution in [1.82, 2.24) is 9.97 Å². The molecule has 0 unspecified atom stereocenters. The van der Waals surface area contributed by atoms with Crippen LogP contribution in [-0.4, -0.2) is 9.97 Å². The quantitative estimate of drug-likeness (QED) is 0.156. The molecular weight excluding hydrogens is 813 g/mol. The van der Waals surface area contributed by atoms with Crippen LogP contribution in [0.5, 0.6) is 11.5 Å². The summed E-state index contributed by atoms with van der Waals surface area (Å²) in [6, 6.07) is 60.8. The second kappa shape index (κ2) is 13.4. The molecule has 51 heavy (non-hydrogen) atoms. The summed E-state index contributed by atoms with van der Waals surface area (Å²) in [5, 5.41) is 0.743.